The molecule has 1 amide bonds. The lowest BCUT2D eigenvalue weighted by molar-refractivity contribution is 0.0943. The molecule has 0 spiro atoms. The summed E-state index contributed by atoms with van der Waals surface area (Å²) in [4.78, 5) is 12.6. The number of hydrogen-bond donors (Lipinski definition) is 1. The Balaban J connectivity index is 1.87. The first-order chi connectivity index (χ1) is 9.04. The molecule has 0 unspecified atom stereocenters. The van der Waals surface area contributed by atoms with Crippen LogP contribution < -0.4 is 5.32 Å². The van der Waals surface area contributed by atoms with Gasteiger partial charge in [-0.15, -0.1) is 0 Å². The zero-order valence-electron chi connectivity index (χ0n) is 11.1. The summed E-state index contributed by atoms with van der Waals surface area (Å²) in [6.45, 7) is 2.48. The van der Waals surface area contributed by atoms with E-state index in [0.717, 1.165) is 18.4 Å². The molecule has 1 aliphatic rings. The minimum absolute atomic E-state index is 0.177. The van der Waals surface area contributed by atoms with Gasteiger partial charge in [-0.3, -0.25) is 4.79 Å². The predicted molar refractivity (Wildman–Crippen MR) is 78.1 cm³/mol. The maximum Gasteiger partial charge on any atom is 0.251 e. The second-order valence-electron chi connectivity index (χ2n) is 5.35. The van der Waals surface area contributed by atoms with Crippen molar-refractivity contribution in [1.29, 1.82) is 0 Å². The molecule has 1 aliphatic carbocycles. The molecule has 1 saturated carbocycles. The van der Waals surface area contributed by atoms with E-state index < -0.39 is 0 Å². The van der Waals surface area contributed by atoms with Crippen molar-refractivity contribution in [3.05, 3.63) is 35.1 Å². The Labute approximate surface area is 121 Å². The first kappa shape index (κ1) is 14.5. The number of amides is 1. The smallest absolute Gasteiger partial charge is 0.251 e. The summed E-state index contributed by atoms with van der Waals surface area (Å²) in [6, 6.07) is 4.43. The third kappa shape index (κ3) is 4.30. The molecule has 19 heavy (non-hydrogen) atoms. The number of aryl methyl sites for hydroxylation is 1. The van der Waals surface area contributed by atoms with Crippen LogP contribution in [0.4, 0.5) is 4.39 Å². The van der Waals surface area contributed by atoms with E-state index in [9.17, 15) is 9.18 Å². The minimum Gasteiger partial charge on any atom is -0.352 e. The van der Waals surface area contributed by atoms with Crippen molar-refractivity contribution in [2.75, 3.05) is 6.54 Å². The second kappa shape index (κ2) is 6.51. The molecule has 1 aromatic carbocycles. The quantitative estimate of drug-likeness (QED) is 0.840. The average molecular weight is 328 g/mol. The van der Waals surface area contributed by atoms with E-state index >= 15 is 0 Å². The highest BCUT2D eigenvalue weighted by Crippen LogP contribution is 2.28. The molecule has 0 radical (unpaired) electrons. The molecule has 0 aliphatic heterocycles. The van der Waals surface area contributed by atoms with Crippen molar-refractivity contribution in [2.24, 2.45) is 5.92 Å². The number of carbonyl (C=O) groups is 1. The van der Waals surface area contributed by atoms with E-state index in [1.54, 1.807) is 13.0 Å². The van der Waals surface area contributed by atoms with Gasteiger partial charge in [-0.2, -0.15) is 0 Å². The van der Waals surface area contributed by atoms with E-state index in [1.807, 2.05) is 0 Å². The third-order valence-electron chi connectivity index (χ3n) is 3.63. The van der Waals surface area contributed by atoms with Gasteiger partial charge in [-0.05, 0) is 62.3 Å². The van der Waals surface area contributed by atoms with Crippen LogP contribution in [0.3, 0.4) is 0 Å². The molecular weight excluding hydrogens is 309 g/mol. The maximum absolute atomic E-state index is 13.2. The Hall–Kier alpha value is -0.900. The van der Waals surface area contributed by atoms with Crippen LogP contribution in [0.15, 0.2) is 18.2 Å². The number of rotatable bonds is 3. The highest BCUT2D eigenvalue weighted by atomic mass is 79.9. The fourth-order valence-electron chi connectivity index (χ4n) is 2.53. The summed E-state index contributed by atoms with van der Waals surface area (Å²) < 4.78 is 13.2. The summed E-state index contributed by atoms with van der Waals surface area (Å²) in [5, 5.41) is 2.92. The van der Waals surface area contributed by atoms with E-state index in [0.29, 0.717) is 22.9 Å². The van der Waals surface area contributed by atoms with Gasteiger partial charge in [0.25, 0.3) is 5.91 Å². The first-order valence-corrected chi connectivity index (χ1v) is 7.65. The number of carbonyl (C=O) groups excluding carboxylic acids is 1. The van der Waals surface area contributed by atoms with Crippen LogP contribution in [0.25, 0.3) is 0 Å². The Bertz CT molecular complexity index is 435. The van der Waals surface area contributed by atoms with Crippen molar-refractivity contribution < 1.29 is 9.18 Å². The van der Waals surface area contributed by atoms with Crippen LogP contribution in [-0.2, 0) is 0 Å². The fraction of sp³-hybridized carbons (Fsp3) is 0.533. The lowest BCUT2D eigenvalue weighted by atomic mass is 9.89. The number of benzene rings is 1. The van der Waals surface area contributed by atoms with Crippen molar-refractivity contribution in [2.45, 2.75) is 37.4 Å². The number of hydrogen-bond acceptors (Lipinski definition) is 1. The van der Waals surface area contributed by atoms with Gasteiger partial charge in [0, 0.05) is 16.9 Å². The summed E-state index contributed by atoms with van der Waals surface area (Å²) in [5.41, 5.74) is 1.18. The number of nitrogens with one attached hydrogen (secondary N) is 1. The standard InChI is InChI=1S/C15H19BrFNO/c1-10-6-12(8-14(17)7-10)15(19)18-9-11-2-4-13(16)5-3-11/h6-8,11,13H,2-5,9H2,1H3,(H,18,19). The Morgan fingerprint density at radius 2 is 2.00 bits per heavy atom. The Kier molecular flexibility index (Phi) is 4.97. The van der Waals surface area contributed by atoms with Crippen LogP contribution in [0.2, 0.25) is 0 Å². The first-order valence-electron chi connectivity index (χ1n) is 6.74. The molecule has 4 heteroatoms. The predicted octanol–water partition coefficient (Wildman–Crippen LogP) is 3.82. The summed E-state index contributed by atoms with van der Waals surface area (Å²) in [5.74, 6) is 0.0147. The molecular formula is C15H19BrFNO. The molecule has 0 aromatic heterocycles. The van der Waals surface area contributed by atoms with Crippen molar-refractivity contribution >= 4 is 21.8 Å². The molecule has 1 aromatic rings. The number of halogens is 2. The topological polar surface area (TPSA) is 29.1 Å². The van der Waals surface area contributed by atoms with Crippen molar-refractivity contribution in [3.63, 3.8) is 0 Å². The molecule has 104 valence electrons. The van der Waals surface area contributed by atoms with Gasteiger partial charge in [0.2, 0.25) is 0 Å². The van der Waals surface area contributed by atoms with E-state index in [4.69, 9.17) is 0 Å². The molecule has 1 N–H and O–H groups in total. The summed E-state index contributed by atoms with van der Waals surface area (Å²) in [6.07, 6.45) is 4.61. The zero-order valence-corrected chi connectivity index (χ0v) is 12.7. The molecule has 0 bridgehead atoms. The van der Waals surface area contributed by atoms with Crippen molar-refractivity contribution in [3.8, 4) is 0 Å². The normalized spacial score (nSPS) is 23.1. The lowest BCUT2D eigenvalue weighted by Crippen LogP contribution is -2.31. The van der Waals surface area contributed by atoms with Crippen LogP contribution in [-0.4, -0.2) is 17.3 Å². The maximum atomic E-state index is 13.2. The SMILES string of the molecule is Cc1cc(F)cc(C(=O)NCC2CCC(Br)CC2)c1. The van der Waals surface area contributed by atoms with Gasteiger partial charge in [-0.1, -0.05) is 15.9 Å². The highest BCUT2D eigenvalue weighted by molar-refractivity contribution is 9.09. The molecule has 0 atom stereocenters. The van der Waals surface area contributed by atoms with Crippen LogP contribution in [0, 0.1) is 18.7 Å². The van der Waals surface area contributed by atoms with Crippen LogP contribution in [0.1, 0.15) is 41.6 Å². The molecule has 1 fully saturated rings. The van der Waals surface area contributed by atoms with Gasteiger partial charge in [0.1, 0.15) is 5.82 Å². The largest absolute Gasteiger partial charge is 0.352 e. The zero-order chi connectivity index (χ0) is 13.8. The fourth-order valence-corrected chi connectivity index (χ4v) is 3.06. The Morgan fingerprint density at radius 1 is 1.32 bits per heavy atom. The molecule has 0 heterocycles. The lowest BCUT2D eigenvalue weighted by Gasteiger charge is -2.25. The van der Waals surface area contributed by atoms with E-state index in [-0.39, 0.29) is 11.7 Å². The highest BCUT2D eigenvalue weighted by Gasteiger charge is 2.19. The average Bonchev–Trinajstić information content (AvgIpc) is 2.36. The Morgan fingerprint density at radius 3 is 2.63 bits per heavy atom. The van der Waals surface area contributed by atoms with E-state index in [2.05, 4.69) is 21.2 Å². The van der Waals surface area contributed by atoms with Gasteiger partial charge in [0.05, 0.1) is 0 Å². The summed E-state index contributed by atoms with van der Waals surface area (Å²) in [7, 11) is 0. The van der Waals surface area contributed by atoms with Gasteiger partial charge in [0.15, 0.2) is 0 Å². The van der Waals surface area contributed by atoms with Crippen molar-refractivity contribution in [1.82, 2.24) is 5.32 Å². The van der Waals surface area contributed by atoms with Gasteiger partial charge in [-0.25, -0.2) is 4.39 Å². The van der Waals surface area contributed by atoms with E-state index in [1.165, 1.54) is 25.0 Å². The third-order valence-corrected chi connectivity index (χ3v) is 4.55. The van der Waals surface area contributed by atoms with Crippen LogP contribution in [0.5, 0.6) is 0 Å². The number of alkyl halides is 1. The van der Waals surface area contributed by atoms with Gasteiger partial charge < -0.3 is 5.32 Å². The minimum atomic E-state index is -0.357. The van der Waals surface area contributed by atoms with Gasteiger partial charge >= 0.3 is 0 Å². The molecule has 2 rings (SSSR count). The monoisotopic (exact) mass is 327 g/mol. The second-order valence-corrected chi connectivity index (χ2v) is 6.64. The van der Waals surface area contributed by atoms with Crippen LogP contribution >= 0.6 is 15.9 Å². The molecule has 0 saturated heterocycles. The summed E-state index contributed by atoms with van der Waals surface area (Å²) >= 11 is 3.62. The molecule has 2 nitrogen and oxygen atoms in total.